The average Bonchev–Trinajstić information content (AvgIpc) is 3.01. The van der Waals surface area contributed by atoms with E-state index >= 15 is 0 Å². The first-order valence-corrected chi connectivity index (χ1v) is 6.35. The van der Waals surface area contributed by atoms with E-state index in [1.165, 1.54) is 32.5 Å². The molecule has 2 rings (SSSR count). The van der Waals surface area contributed by atoms with E-state index in [2.05, 4.69) is 20.4 Å². The number of hydrogen-bond donors (Lipinski definition) is 2. The molecule has 17 heavy (non-hydrogen) atoms. The summed E-state index contributed by atoms with van der Waals surface area (Å²) in [6, 6.07) is 0. The van der Waals surface area contributed by atoms with Gasteiger partial charge in [-0.2, -0.15) is 5.10 Å². The normalized spacial score (nSPS) is 16.2. The number of aromatic amines is 1. The second kappa shape index (κ2) is 6.39. The third-order valence-electron chi connectivity index (χ3n) is 3.15. The summed E-state index contributed by atoms with van der Waals surface area (Å²) < 4.78 is 0. The Hall–Kier alpha value is -1.36. The third kappa shape index (κ3) is 3.85. The molecular formula is C12H20N4O. The minimum atomic E-state index is -0.0417. The SMILES string of the molecule is O=C(NCCCCN1CCCC1)c1cn[nH]c1. The van der Waals surface area contributed by atoms with Gasteiger partial charge in [0, 0.05) is 12.7 Å². The zero-order valence-corrected chi connectivity index (χ0v) is 10.1. The minimum Gasteiger partial charge on any atom is -0.352 e. The maximum Gasteiger partial charge on any atom is 0.254 e. The number of carbonyl (C=O) groups excluding carboxylic acids is 1. The van der Waals surface area contributed by atoms with Crippen molar-refractivity contribution in [3.8, 4) is 0 Å². The number of carbonyl (C=O) groups is 1. The summed E-state index contributed by atoms with van der Waals surface area (Å²) in [6.45, 7) is 4.42. The maximum atomic E-state index is 11.5. The van der Waals surface area contributed by atoms with Crippen molar-refractivity contribution in [2.24, 2.45) is 0 Å². The van der Waals surface area contributed by atoms with Gasteiger partial charge < -0.3 is 10.2 Å². The lowest BCUT2D eigenvalue weighted by molar-refractivity contribution is 0.0952. The van der Waals surface area contributed by atoms with Gasteiger partial charge in [-0.15, -0.1) is 0 Å². The van der Waals surface area contributed by atoms with Crippen LogP contribution in [0, 0.1) is 0 Å². The molecule has 0 aromatic carbocycles. The highest BCUT2D eigenvalue weighted by Gasteiger charge is 2.10. The molecule has 0 spiro atoms. The molecule has 2 N–H and O–H groups in total. The van der Waals surface area contributed by atoms with Crippen LogP contribution in [0.3, 0.4) is 0 Å². The number of nitrogens with zero attached hydrogens (tertiary/aromatic N) is 2. The standard InChI is InChI=1S/C12H20N4O/c17-12(11-9-14-15-10-11)13-5-1-2-6-16-7-3-4-8-16/h9-10H,1-8H2,(H,13,17)(H,14,15). The fourth-order valence-electron chi connectivity index (χ4n) is 2.15. The van der Waals surface area contributed by atoms with Gasteiger partial charge in [0.15, 0.2) is 0 Å². The minimum absolute atomic E-state index is 0.0417. The van der Waals surface area contributed by atoms with Crippen LogP contribution >= 0.6 is 0 Å². The number of H-pyrrole nitrogens is 1. The monoisotopic (exact) mass is 236 g/mol. The zero-order chi connectivity index (χ0) is 11.9. The van der Waals surface area contributed by atoms with Crippen LogP contribution in [0.5, 0.6) is 0 Å². The summed E-state index contributed by atoms with van der Waals surface area (Å²) in [5.41, 5.74) is 0.601. The predicted octanol–water partition coefficient (Wildman–Crippen LogP) is 1.02. The van der Waals surface area contributed by atoms with Crippen LogP contribution in [-0.2, 0) is 0 Å². The van der Waals surface area contributed by atoms with Crippen molar-refractivity contribution < 1.29 is 4.79 Å². The highest BCUT2D eigenvalue weighted by atomic mass is 16.1. The molecule has 5 heteroatoms. The molecule has 1 amide bonds. The van der Waals surface area contributed by atoms with Gasteiger partial charge in [0.2, 0.25) is 0 Å². The number of hydrogen-bond acceptors (Lipinski definition) is 3. The predicted molar refractivity (Wildman–Crippen MR) is 65.8 cm³/mol. The van der Waals surface area contributed by atoms with Gasteiger partial charge in [-0.05, 0) is 45.3 Å². The summed E-state index contributed by atoms with van der Waals surface area (Å²) in [7, 11) is 0. The molecule has 1 aromatic heterocycles. The first-order valence-electron chi connectivity index (χ1n) is 6.35. The Morgan fingerprint density at radius 1 is 1.41 bits per heavy atom. The van der Waals surface area contributed by atoms with Gasteiger partial charge in [0.05, 0.1) is 11.8 Å². The summed E-state index contributed by atoms with van der Waals surface area (Å²) in [4.78, 5) is 14.0. The lowest BCUT2D eigenvalue weighted by Gasteiger charge is -2.13. The van der Waals surface area contributed by atoms with Crippen molar-refractivity contribution in [2.75, 3.05) is 26.2 Å². The van der Waals surface area contributed by atoms with Crippen molar-refractivity contribution in [1.82, 2.24) is 20.4 Å². The molecule has 0 atom stereocenters. The van der Waals surface area contributed by atoms with Gasteiger partial charge in [-0.3, -0.25) is 9.89 Å². The number of amides is 1. The number of rotatable bonds is 6. The molecule has 1 saturated heterocycles. The Morgan fingerprint density at radius 2 is 2.24 bits per heavy atom. The molecule has 1 aliphatic rings. The average molecular weight is 236 g/mol. The van der Waals surface area contributed by atoms with Crippen molar-refractivity contribution >= 4 is 5.91 Å². The number of unbranched alkanes of at least 4 members (excludes halogenated alkanes) is 1. The fraction of sp³-hybridized carbons (Fsp3) is 0.667. The van der Waals surface area contributed by atoms with Crippen LogP contribution in [-0.4, -0.2) is 47.2 Å². The molecule has 2 heterocycles. The second-order valence-electron chi connectivity index (χ2n) is 4.50. The van der Waals surface area contributed by atoms with E-state index in [0.29, 0.717) is 5.56 Å². The van der Waals surface area contributed by atoms with Gasteiger partial charge >= 0.3 is 0 Å². The third-order valence-corrected chi connectivity index (χ3v) is 3.15. The van der Waals surface area contributed by atoms with Gasteiger partial charge in [0.25, 0.3) is 5.91 Å². The molecule has 1 aromatic rings. The van der Waals surface area contributed by atoms with Gasteiger partial charge in [0.1, 0.15) is 0 Å². The molecule has 0 bridgehead atoms. The fourth-order valence-corrected chi connectivity index (χ4v) is 2.15. The number of likely N-dealkylation sites (tertiary alicyclic amines) is 1. The smallest absolute Gasteiger partial charge is 0.254 e. The van der Waals surface area contributed by atoms with E-state index in [0.717, 1.165) is 19.4 Å². The quantitative estimate of drug-likeness (QED) is 0.725. The molecule has 0 saturated carbocycles. The first kappa shape index (κ1) is 12.1. The van der Waals surface area contributed by atoms with Crippen molar-refractivity contribution in [2.45, 2.75) is 25.7 Å². The van der Waals surface area contributed by atoms with E-state index in [1.807, 2.05) is 0 Å². The molecule has 1 aliphatic heterocycles. The van der Waals surface area contributed by atoms with Crippen LogP contribution in [0.15, 0.2) is 12.4 Å². The van der Waals surface area contributed by atoms with E-state index in [1.54, 1.807) is 12.4 Å². The Labute approximate surface area is 102 Å². The summed E-state index contributed by atoms with van der Waals surface area (Å²) >= 11 is 0. The maximum absolute atomic E-state index is 11.5. The number of aromatic nitrogens is 2. The van der Waals surface area contributed by atoms with Gasteiger partial charge in [-0.25, -0.2) is 0 Å². The first-order chi connectivity index (χ1) is 8.36. The Bertz CT molecular complexity index is 330. The molecule has 0 aliphatic carbocycles. The van der Waals surface area contributed by atoms with Crippen LogP contribution in [0.2, 0.25) is 0 Å². The van der Waals surface area contributed by atoms with E-state index in [9.17, 15) is 4.79 Å². The Kier molecular flexibility index (Phi) is 4.55. The highest BCUT2D eigenvalue weighted by Crippen LogP contribution is 2.07. The van der Waals surface area contributed by atoms with Crippen molar-refractivity contribution in [3.05, 3.63) is 18.0 Å². The van der Waals surface area contributed by atoms with Crippen LogP contribution in [0.25, 0.3) is 0 Å². The number of nitrogens with one attached hydrogen (secondary N) is 2. The summed E-state index contributed by atoms with van der Waals surface area (Å²) in [5.74, 6) is -0.0417. The van der Waals surface area contributed by atoms with Gasteiger partial charge in [-0.1, -0.05) is 0 Å². The molecule has 94 valence electrons. The highest BCUT2D eigenvalue weighted by molar-refractivity contribution is 5.93. The largest absolute Gasteiger partial charge is 0.352 e. The summed E-state index contributed by atoms with van der Waals surface area (Å²) in [6.07, 6.45) is 8.04. The molecular weight excluding hydrogens is 216 g/mol. The Morgan fingerprint density at radius 3 is 2.94 bits per heavy atom. The van der Waals surface area contributed by atoms with Crippen LogP contribution < -0.4 is 5.32 Å². The van der Waals surface area contributed by atoms with E-state index in [4.69, 9.17) is 0 Å². The zero-order valence-electron chi connectivity index (χ0n) is 10.1. The molecule has 1 fully saturated rings. The molecule has 5 nitrogen and oxygen atoms in total. The van der Waals surface area contributed by atoms with Crippen LogP contribution in [0.4, 0.5) is 0 Å². The lowest BCUT2D eigenvalue weighted by Crippen LogP contribution is -2.25. The molecule has 0 unspecified atom stereocenters. The van der Waals surface area contributed by atoms with E-state index in [-0.39, 0.29) is 5.91 Å². The summed E-state index contributed by atoms with van der Waals surface area (Å²) in [5, 5.41) is 9.27. The van der Waals surface area contributed by atoms with Crippen molar-refractivity contribution in [3.63, 3.8) is 0 Å². The Balaban J connectivity index is 1.52. The molecule has 0 radical (unpaired) electrons. The van der Waals surface area contributed by atoms with Crippen LogP contribution in [0.1, 0.15) is 36.0 Å². The van der Waals surface area contributed by atoms with Crippen molar-refractivity contribution in [1.29, 1.82) is 0 Å². The van der Waals surface area contributed by atoms with E-state index < -0.39 is 0 Å². The lowest BCUT2D eigenvalue weighted by atomic mass is 10.2. The second-order valence-corrected chi connectivity index (χ2v) is 4.50. The topological polar surface area (TPSA) is 61.0 Å².